The number of anilines is 1. The number of hydrogen-bond donors (Lipinski definition) is 1. The molecule has 1 heterocycles. The van der Waals surface area contributed by atoms with E-state index in [0.29, 0.717) is 21.7 Å². The first-order chi connectivity index (χ1) is 13.1. The van der Waals surface area contributed by atoms with Gasteiger partial charge in [-0.15, -0.1) is 0 Å². The van der Waals surface area contributed by atoms with Crippen molar-refractivity contribution in [2.75, 3.05) is 18.9 Å². The Morgan fingerprint density at radius 2 is 1.75 bits per heavy atom. The van der Waals surface area contributed by atoms with E-state index in [9.17, 15) is 18.0 Å². The summed E-state index contributed by atoms with van der Waals surface area (Å²) in [6, 6.07) is 11.1. The van der Waals surface area contributed by atoms with Gasteiger partial charge in [-0.3, -0.25) is 13.9 Å². The van der Waals surface area contributed by atoms with Crippen molar-refractivity contribution in [1.82, 2.24) is 13.4 Å². The van der Waals surface area contributed by atoms with Crippen molar-refractivity contribution in [1.29, 1.82) is 0 Å². The number of fused-ring (bicyclic) bond motifs is 1. The number of hydrogen-bond acceptors (Lipinski definition) is 4. The summed E-state index contributed by atoms with van der Waals surface area (Å²) in [5.41, 5.74) is 1.26. The van der Waals surface area contributed by atoms with Crippen molar-refractivity contribution >= 4 is 44.3 Å². The fourth-order valence-corrected chi connectivity index (χ4v) is 4.20. The van der Waals surface area contributed by atoms with Crippen LogP contribution in [0.4, 0.5) is 5.69 Å². The minimum absolute atomic E-state index is 0.00533. The van der Waals surface area contributed by atoms with Gasteiger partial charge in [-0.05, 0) is 30.3 Å². The number of carbonyl (C=O) groups is 1. The maximum Gasteiger partial charge on any atom is 0.328 e. The van der Waals surface area contributed by atoms with Crippen LogP contribution in [0.25, 0.3) is 11.0 Å². The lowest BCUT2D eigenvalue weighted by atomic mass is 10.3. The van der Waals surface area contributed by atoms with E-state index in [1.165, 1.54) is 28.3 Å². The highest BCUT2D eigenvalue weighted by Gasteiger charge is 2.24. The lowest BCUT2D eigenvalue weighted by Crippen LogP contribution is -2.35. The fourth-order valence-electron chi connectivity index (χ4n) is 2.87. The van der Waals surface area contributed by atoms with Crippen molar-refractivity contribution in [3.63, 3.8) is 0 Å². The molecule has 2 aromatic carbocycles. The van der Waals surface area contributed by atoms with E-state index in [-0.39, 0.29) is 17.1 Å². The summed E-state index contributed by atoms with van der Waals surface area (Å²) in [4.78, 5) is 24.3. The van der Waals surface area contributed by atoms with Gasteiger partial charge in [0.1, 0.15) is 0 Å². The summed E-state index contributed by atoms with van der Waals surface area (Å²) in [6.07, 6.45) is 0. The molecule has 0 bridgehead atoms. The number of rotatable bonds is 5. The maximum atomic E-state index is 12.9. The van der Waals surface area contributed by atoms with Crippen LogP contribution in [0, 0.1) is 0 Å². The Labute approximate surface area is 167 Å². The number of aryl methyl sites for hydroxylation is 2. The molecule has 8 nitrogen and oxygen atoms in total. The first kappa shape index (κ1) is 20.1. The lowest BCUT2D eigenvalue weighted by molar-refractivity contribution is -0.116. The second-order valence-electron chi connectivity index (χ2n) is 6.34. The van der Waals surface area contributed by atoms with Crippen LogP contribution >= 0.6 is 11.6 Å². The van der Waals surface area contributed by atoms with Gasteiger partial charge in [0, 0.05) is 21.1 Å². The Hall–Kier alpha value is -2.62. The SMILES string of the molecule is CN(CC(=O)Nc1ccccc1Cl)S(=O)(=O)c1ccc2c(c1)n(C)c(=O)n2C. The molecule has 1 N–H and O–H groups in total. The standard InChI is InChI=1S/C18H19ClN4O4S/c1-21(11-17(24)20-14-7-5-4-6-13(14)19)28(26,27)12-8-9-15-16(10-12)23(3)18(25)22(15)2/h4-10H,11H2,1-3H3,(H,20,24). The maximum absolute atomic E-state index is 12.9. The second-order valence-corrected chi connectivity index (χ2v) is 8.79. The molecule has 0 atom stereocenters. The molecule has 1 amide bonds. The number of imidazole rings is 1. The first-order valence-corrected chi connectivity index (χ1v) is 10.1. The van der Waals surface area contributed by atoms with Gasteiger partial charge in [-0.25, -0.2) is 13.2 Å². The van der Waals surface area contributed by atoms with Crippen LogP contribution in [-0.4, -0.2) is 41.4 Å². The minimum Gasteiger partial charge on any atom is -0.324 e. The molecule has 0 fully saturated rings. The number of benzene rings is 2. The van der Waals surface area contributed by atoms with Gasteiger partial charge in [-0.1, -0.05) is 23.7 Å². The van der Waals surface area contributed by atoms with Gasteiger partial charge in [0.15, 0.2) is 0 Å². The molecule has 0 aliphatic carbocycles. The van der Waals surface area contributed by atoms with Crippen LogP contribution in [0.3, 0.4) is 0 Å². The Morgan fingerprint density at radius 3 is 2.43 bits per heavy atom. The number of aromatic nitrogens is 2. The predicted octanol–water partition coefficient (Wildman–Crippen LogP) is 1.79. The van der Waals surface area contributed by atoms with Crippen molar-refractivity contribution in [3.8, 4) is 0 Å². The Bertz CT molecular complexity index is 1230. The molecule has 28 heavy (non-hydrogen) atoms. The van der Waals surface area contributed by atoms with Crippen LogP contribution in [0.15, 0.2) is 52.2 Å². The zero-order chi connectivity index (χ0) is 20.6. The molecule has 0 saturated heterocycles. The van der Waals surface area contributed by atoms with Gasteiger partial charge in [0.2, 0.25) is 15.9 Å². The molecular weight excluding hydrogens is 404 g/mol. The Kier molecular flexibility index (Phi) is 5.33. The molecule has 0 spiro atoms. The zero-order valence-electron chi connectivity index (χ0n) is 15.5. The zero-order valence-corrected chi connectivity index (χ0v) is 17.1. The smallest absolute Gasteiger partial charge is 0.324 e. The third kappa shape index (κ3) is 3.56. The molecule has 0 radical (unpaired) electrons. The van der Waals surface area contributed by atoms with Gasteiger partial charge < -0.3 is 5.32 Å². The highest BCUT2D eigenvalue weighted by Crippen LogP contribution is 2.22. The monoisotopic (exact) mass is 422 g/mol. The molecule has 0 saturated carbocycles. The Morgan fingerprint density at radius 1 is 1.11 bits per heavy atom. The van der Waals surface area contributed by atoms with Crippen LogP contribution in [0.1, 0.15) is 0 Å². The summed E-state index contributed by atoms with van der Waals surface area (Å²) in [7, 11) is 0.568. The largest absolute Gasteiger partial charge is 0.328 e. The number of amides is 1. The fraction of sp³-hybridized carbons (Fsp3) is 0.222. The normalized spacial score (nSPS) is 11.9. The van der Waals surface area contributed by atoms with Crippen molar-refractivity contribution in [2.45, 2.75) is 4.90 Å². The average molecular weight is 423 g/mol. The highest BCUT2D eigenvalue weighted by atomic mass is 35.5. The number of nitrogens with one attached hydrogen (secondary N) is 1. The molecular formula is C18H19ClN4O4S. The van der Waals surface area contributed by atoms with Crippen LogP contribution < -0.4 is 11.0 Å². The number of nitrogens with zero attached hydrogens (tertiary/aromatic N) is 3. The number of likely N-dealkylation sites (N-methyl/N-ethyl adjacent to an activating group) is 1. The third-order valence-electron chi connectivity index (χ3n) is 4.47. The van der Waals surface area contributed by atoms with Crippen LogP contribution in [-0.2, 0) is 28.9 Å². The van der Waals surface area contributed by atoms with Gasteiger partial charge in [0.05, 0.1) is 33.2 Å². The number of carbonyl (C=O) groups excluding carboxylic acids is 1. The summed E-state index contributed by atoms with van der Waals surface area (Å²) >= 11 is 6.00. The summed E-state index contributed by atoms with van der Waals surface area (Å²) < 4.78 is 29.5. The van der Waals surface area contributed by atoms with Gasteiger partial charge in [0.25, 0.3) is 0 Å². The topological polar surface area (TPSA) is 93.4 Å². The molecule has 1 aromatic heterocycles. The van der Waals surface area contributed by atoms with Gasteiger partial charge in [-0.2, -0.15) is 4.31 Å². The number of sulfonamides is 1. The predicted molar refractivity (Wildman–Crippen MR) is 108 cm³/mol. The summed E-state index contributed by atoms with van der Waals surface area (Å²) in [5, 5.41) is 2.95. The number of halogens is 1. The highest BCUT2D eigenvalue weighted by molar-refractivity contribution is 7.89. The Balaban J connectivity index is 1.85. The lowest BCUT2D eigenvalue weighted by Gasteiger charge is -2.17. The molecule has 3 aromatic rings. The molecule has 0 aliphatic rings. The third-order valence-corrected chi connectivity index (χ3v) is 6.59. The van der Waals surface area contributed by atoms with Crippen molar-refractivity contribution < 1.29 is 13.2 Å². The second kappa shape index (κ2) is 7.42. The summed E-state index contributed by atoms with van der Waals surface area (Å²) in [6.45, 7) is -0.390. The van der Waals surface area contributed by atoms with E-state index in [1.807, 2.05) is 0 Å². The van der Waals surface area contributed by atoms with E-state index in [0.717, 1.165) is 4.31 Å². The molecule has 0 unspecified atom stereocenters. The summed E-state index contributed by atoms with van der Waals surface area (Å²) in [5.74, 6) is -0.521. The molecule has 3 rings (SSSR count). The molecule has 148 valence electrons. The molecule has 10 heteroatoms. The van der Waals surface area contributed by atoms with Crippen molar-refractivity contribution in [3.05, 3.63) is 58.0 Å². The van der Waals surface area contributed by atoms with Crippen LogP contribution in [0.5, 0.6) is 0 Å². The van der Waals surface area contributed by atoms with E-state index >= 15 is 0 Å². The number of para-hydroxylation sites is 1. The van der Waals surface area contributed by atoms with E-state index in [4.69, 9.17) is 11.6 Å². The van der Waals surface area contributed by atoms with E-state index in [2.05, 4.69) is 5.32 Å². The van der Waals surface area contributed by atoms with E-state index < -0.39 is 15.9 Å². The first-order valence-electron chi connectivity index (χ1n) is 8.29. The molecule has 0 aliphatic heterocycles. The average Bonchev–Trinajstić information content (AvgIpc) is 2.87. The van der Waals surface area contributed by atoms with Gasteiger partial charge >= 0.3 is 5.69 Å². The minimum atomic E-state index is -3.93. The quantitative estimate of drug-likeness (QED) is 0.678. The van der Waals surface area contributed by atoms with Crippen LogP contribution in [0.2, 0.25) is 5.02 Å². The van der Waals surface area contributed by atoms with Crippen molar-refractivity contribution in [2.24, 2.45) is 14.1 Å². The van der Waals surface area contributed by atoms with E-state index in [1.54, 1.807) is 44.4 Å².